The maximum atomic E-state index is 14.3. The number of benzene rings is 2. The number of imidazole rings is 2. The van der Waals surface area contributed by atoms with Gasteiger partial charge in [-0.2, -0.15) is 0 Å². The zero-order chi connectivity index (χ0) is 48.4. The van der Waals surface area contributed by atoms with Crippen LogP contribution < -0.4 is 10.6 Å². The van der Waals surface area contributed by atoms with E-state index in [-0.39, 0.29) is 0 Å². The molecule has 14 nitrogen and oxygen atoms in total. The Hall–Kier alpha value is -5.80. The number of H-pyrrole nitrogens is 2. The number of alkyl halides is 2. The van der Waals surface area contributed by atoms with Gasteiger partial charge in [-0.15, -0.1) is 0 Å². The van der Waals surface area contributed by atoms with Crippen LogP contribution in [0.5, 0.6) is 0 Å². The fraction of sp³-hybridized carbons (Fsp3) is 0.542. The molecule has 2 aromatic carbocycles. The summed E-state index contributed by atoms with van der Waals surface area (Å²) in [6.45, 7) is 18.9. The molecule has 0 saturated heterocycles. The van der Waals surface area contributed by atoms with Crippen LogP contribution in [0.25, 0.3) is 33.6 Å². The molecule has 0 radical (unpaired) electrons. The van der Waals surface area contributed by atoms with Crippen molar-refractivity contribution in [2.24, 2.45) is 21.7 Å². The summed E-state index contributed by atoms with van der Waals surface area (Å²) in [6, 6.07) is 14.5. The molecule has 0 aliphatic heterocycles. The van der Waals surface area contributed by atoms with Gasteiger partial charge >= 0.3 is 12.2 Å². The number of ether oxygens (including phenoxy) is 2. The first kappa shape index (κ1) is 50.8. The minimum atomic E-state index is -1.84. The maximum Gasteiger partial charge on any atom is 0.410 e. The van der Waals surface area contributed by atoms with Crippen LogP contribution in [0.3, 0.4) is 0 Å². The molecule has 4 N–H and O–H groups in total. The van der Waals surface area contributed by atoms with Gasteiger partial charge in [-0.3, -0.25) is 18.4 Å². The van der Waals surface area contributed by atoms with Crippen LogP contribution in [0.2, 0.25) is 0 Å². The van der Waals surface area contributed by atoms with E-state index < -0.39 is 82.3 Å². The summed E-state index contributed by atoms with van der Waals surface area (Å²) in [5.74, 6) is -0.321. The third kappa shape index (κ3) is 10.8. The molecule has 0 bridgehead atoms. The van der Waals surface area contributed by atoms with Crippen LogP contribution in [0.4, 0.5) is 18.4 Å². The first-order valence-corrected chi connectivity index (χ1v) is 21.3. The summed E-state index contributed by atoms with van der Waals surface area (Å²) < 4.78 is 40.0. The zero-order valence-corrected chi connectivity index (χ0v) is 40.3. The highest BCUT2D eigenvalue weighted by atomic mass is 19.1. The van der Waals surface area contributed by atoms with E-state index in [4.69, 9.17) is 9.47 Å². The Balaban J connectivity index is 1.54. The molecule has 0 spiro atoms. The maximum absolute atomic E-state index is 14.3. The monoisotopic (exact) mass is 891 g/mol. The van der Waals surface area contributed by atoms with Gasteiger partial charge in [-0.1, -0.05) is 118 Å². The van der Waals surface area contributed by atoms with E-state index in [0.29, 0.717) is 11.6 Å². The Morgan fingerprint density at radius 3 is 1.08 bits per heavy atom. The first-order valence-electron chi connectivity index (χ1n) is 21.3. The minimum Gasteiger partial charge on any atom is -0.432 e. The van der Waals surface area contributed by atoms with Crippen LogP contribution in [-0.2, 0) is 19.1 Å². The third-order valence-corrected chi connectivity index (χ3v) is 12.2. The van der Waals surface area contributed by atoms with E-state index in [1.807, 2.05) is 90.1 Å². The lowest BCUT2D eigenvalue weighted by Crippen LogP contribution is -2.60. The highest BCUT2D eigenvalue weighted by molar-refractivity contribution is 5.89. The number of carbonyl (C=O) groups is 4. The molecule has 0 saturated carbocycles. The Morgan fingerprint density at radius 2 is 0.828 bits per heavy atom. The number of carbonyl (C=O) groups excluding carboxylic acids is 4. The predicted molar refractivity (Wildman–Crippen MR) is 244 cm³/mol. The number of amides is 4. The fourth-order valence-electron chi connectivity index (χ4n) is 6.64. The van der Waals surface area contributed by atoms with E-state index in [2.05, 4.69) is 30.6 Å². The van der Waals surface area contributed by atoms with Gasteiger partial charge in [0, 0.05) is 39.0 Å². The van der Waals surface area contributed by atoms with Crippen molar-refractivity contribution in [3.05, 3.63) is 72.6 Å². The second kappa shape index (κ2) is 18.7. The molecule has 3 unspecified atom stereocenters. The number of aromatic amines is 2. The Morgan fingerprint density at radius 1 is 0.547 bits per heavy atom. The molecule has 4 aromatic rings. The summed E-state index contributed by atoms with van der Waals surface area (Å²) in [5.41, 5.74) is -2.36. The lowest BCUT2D eigenvalue weighted by Gasteiger charge is -2.42. The quantitative estimate of drug-likeness (QED) is 0.0913. The number of halogens is 2. The number of aromatic nitrogens is 4. The third-order valence-electron chi connectivity index (χ3n) is 12.2. The number of rotatable bonds is 15. The van der Waals surface area contributed by atoms with Gasteiger partial charge in [0.15, 0.2) is 11.2 Å². The smallest absolute Gasteiger partial charge is 0.410 e. The lowest BCUT2D eigenvalue weighted by atomic mass is 9.75. The van der Waals surface area contributed by atoms with Crippen molar-refractivity contribution in [2.75, 3.05) is 41.5 Å². The average molecular weight is 891 g/mol. The van der Waals surface area contributed by atoms with Crippen molar-refractivity contribution in [3.8, 4) is 33.6 Å². The van der Waals surface area contributed by atoms with Crippen LogP contribution in [0.1, 0.15) is 107 Å². The largest absolute Gasteiger partial charge is 0.432 e. The van der Waals surface area contributed by atoms with Crippen LogP contribution in [-0.4, -0.2) is 106 Å². The standard InChI is InChI=1S/C48H68F2N8O6/c1-43(2,3)35(55-39(59)47(11,45(7,8)27-49)63-41(61)57(13)14)37-51-25-33(53-37)31-21-17-29(18-22-31)30-19-23-32(24-20-30)34-26-52-38(54-34)36(44(4,5)6)56-40(60)48(12,46(9,10)28-50)64-42(62)58(15)16/h17-26,35-36H,27-28H2,1-16H3,(H,51,53)(H,52,54)(H,55,59)(H,56,60)/t35-,36?,47?,48?/m1/s1. The SMILES string of the molecule is CN(C)C(=O)OC(C)(C(=O)NC(c1ncc(-c2ccc(-c3ccc(-c4cnc([C@@H](NC(=O)C(C)(OC(=O)N(C)C)C(C)(C)CF)C(C)(C)C)[nH]4)cc3)cc2)[nH]1)C(C)(C)C)C(C)(C)CF. The molecule has 4 amide bonds. The van der Waals surface area contributed by atoms with Gasteiger partial charge in [0.1, 0.15) is 11.6 Å². The molecule has 0 fully saturated rings. The molecule has 2 heterocycles. The zero-order valence-electron chi connectivity index (χ0n) is 40.3. The highest BCUT2D eigenvalue weighted by Gasteiger charge is 2.54. The summed E-state index contributed by atoms with van der Waals surface area (Å²) in [4.78, 5) is 71.6. The van der Waals surface area contributed by atoms with E-state index in [0.717, 1.165) is 33.6 Å². The van der Waals surface area contributed by atoms with Gasteiger partial charge < -0.3 is 39.9 Å². The lowest BCUT2D eigenvalue weighted by molar-refractivity contribution is -0.156. The molecule has 2 aromatic heterocycles. The van der Waals surface area contributed by atoms with E-state index in [1.165, 1.54) is 51.8 Å². The van der Waals surface area contributed by atoms with Gasteiger partial charge in [0.05, 0.1) is 49.2 Å². The predicted octanol–water partition coefficient (Wildman–Crippen LogP) is 9.45. The van der Waals surface area contributed by atoms with E-state index in [9.17, 15) is 28.0 Å². The molecule has 0 aliphatic rings. The second-order valence-electron chi connectivity index (χ2n) is 20.7. The molecular formula is C48H68F2N8O6. The Bertz CT molecular complexity index is 2110. The first-order chi connectivity index (χ1) is 29.4. The number of nitrogens with one attached hydrogen (secondary N) is 4. The molecule has 0 aliphatic carbocycles. The van der Waals surface area contributed by atoms with Crippen LogP contribution in [0, 0.1) is 21.7 Å². The molecule has 350 valence electrons. The average Bonchev–Trinajstić information content (AvgIpc) is 3.91. The van der Waals surface area contributed by atoms with E-state index >= 15 is 0 Å². The normalized spacial score (nSPS) is 15.2. The summed E-state index contributed by atoms with van der Waals surface area (Å²) in [7, 11) is 5.98. The Kier molecular flexibility index (Phi) is 14.9. The highest BCUT2D eigenvalue weighted by Crippen LogP contribution is 2.41. The fourth-order valence-corrected chi connectivity index (χ4v) is 6.64. The van der Waals surface area contributed by atoms with Gasteiger partial charge in [0.25, 0.3) is 11.8 Å². The molecule has 4 rings (SSSR count). The topological polar surface area (TPSA) is 175 Å². The van der Waals surface area contributed by atoms with Crippen molar-refractivity contribution < 1.29 is 37.4 Å². The van der Waals surface area contributed by atoms with Gasteiger partial charge in [-0.25, -0.2) is 19.6 Å². The van der Waals surface area contributed by atoms with Crippen molar-refractivity contribution in [3.63, 3.8) is 0 Å². The van der Waals surface area contributed by atoms with Crippen molar-refractivity contribution >= 4 is 24.0 Å². The van der Waals surface area contributed by atoms with Crippen molar-refractivity contribution in [1.82, 2.24) is 40.4 Å². The summed E-state index contributed by atoms with van der Waals surface area (Å²) in [6.07, 6.45) is 1.86. The summed E-state index contributed by atoms with van der Waals surface area (Å²) >= 11 is 0. The molecule has 16 heteroatoms. The van der Waals surface area contributed by atoms with Crippen molar-refractivity contribution in [1.29, 1.82) is 0 Å². The summed E-state index contributed by atoms with van der Waals surface area (Å²) in [5, 5.41) is 6.01. The van der Waals surface area contributed by atoms with Crippen molar-refractivity contribution in [2.45, 2.75) is 106 Å². The Labute approximate surface area is 376 Å². The van der Waals surface area contributed by atoms with Gasteiger partial charge in [0.2, 0.25) is 0 Å². The molecular weight excluding hydrogens is 823 g/mol. The molecule has 4 atom stereocenters. The number of hydrogen-bond donors (Lipinski definition) is 4. The second-order valence-corrected chi connectivity index (χ2v) is 20.7. The van der Waals surface area contributed by atoms with E-state index in [1.54, 1.807) is 40.1 Å². The van der Waals surface area contributed by atoms with Gasteiger partial charge in [-0.05, 0) is 46.9 Å². The minimum absolute atomic E-state index is 0.484. The van der Waals surface area contributed by atoms with Crippen LogP contribution >= 0.6 is 0 Å². The number of nitrogens with zero attached hydrogens (tertiary/aromatic N) is 4. The number of hydrogen-bond acceptors (Lipinski definition) is 8. The molecule has 64 heavy (non-hydrogen) atoms. The van der Waals surface area contributed by atoms with Crippen LogP contribution in [0.15, 0.2) is 60.9 Å².